The zero-order chi connectivity index (χ0) is 13.7. The van der Waals surface area contributed by atoms with Gasteiger partial charge < -0.3 is 10.6 Å². The number of nitrogens with two attached hydrogens (primary N) is 1. The highest BCUT2D eigenvalue weighted by atomic mass is 79.9. The second-order valence-electron chi connectivity index (χ2n) is 3.96. The van der Waals surface area contributed by atoms with E-state index in [2.05, 4.69) is 25.9 Å². The van der Waals surface area contributed by atoms with Crippen molar-refractivity contribution in [2.24, 2.45) is 5.73 Å². The van der Waals surface area contributed by atoms with E-state index >= 15 is 0 Å². The Hall–Kier alpha value is -1.53. The average molecular weight is 325 g/mol. The Labute approximate surface area is 119 Å². The summed E-state index contributed by atoms with van der Waals surface area (Å²) in [7, 11) is 0. The van der Waals surface area contributed by atoms with E-state index in [-0.39, 0.29) is 5.82 Å². The molecule has 0 saturated carbocycles. The minimum Gasteiger partial charge on any atom is -0.330 e. The third kappa shape index (κ3) is 3.48. The third-order valence-electron chi connectivity index (χ3n) is 2.63. The van der Waals surface area contributed by atoms with Crippen molar-refractivity contribution >= 4 is 27.4 Å². The molecule has 0 radical (unpaired) electrons. The van der Waals surface area contributed by atoms with Crippen LogP contribution < -0.4 is 10.6 Å². The molecule has 6 heteroatoms. The fourth-order valence-corrected chi connectivity index (χ4v) is 2.17. The number of hydrogen-bond acceptors (Lipinski definition) is 4. The summed E-state index contributed by atoms with van der Waals surface area (Å²) in [6, 6.07) is 6.31. The van der Waals surface area contributed by atoms with Gasteiger partial charge in [-0.2, -0.15) is 0 Å². The van der Waals surface area contributed by atoms with Gasteiger partial charge in [-0.05, 0) is 53.2 Å². The van der Waals surface area contributed by atoms with E-state index in [9.17, 15) is 4.39 Å². The summed E-state index contributed by atoms with van der Waals surface area (Å²) in [5, 5.41) is 0. The summed E-state index contributed by atoms with van der Waals surface area (Å²) in [4.78, 5) is 10.2. The van der Waals surface area contributed by atoms with Crippen molar-refractivity contribution in [1.82, 2.24) is 9.97 Å². The van der Waals surface area contributed by atoms with E-state index in [1.54, 1.807) is 18.3 Å². The maximum atomic E-state index is 13.0. The molecule has 2 N–H and O–H groups in total. The number of nitrogens with zero attached hydrogens (tertiary/aromatic N) is 3. The fraction of sp³-hybridized carbons (Fsp3) is 0.231. The Morgan fingerprint density at radius 1 is 1.26 bits per heavy atom. The van der Waals surface area contributed by atoms with Crippen molar-refractivity contribution in [3.63, 3.8) is 0 Å². The highest BCUT2D eigenvalue weighted by Crippen LogP contribution is 2.29. The second-order valence-corrected chi connectivity index (χ2v) is 4.82. The van der Waals surface area contributed by atoms with E-state index in [1.165, 1.54) is 18.5 Å². The fourth-order valence-electron chi connectivity index (χ4n) is 1.73. The van der Waals surface area contributed by atoms with Crippen LogP contribution in [0.3, 0.4) is 0 Å². The van der Waals surface area contributed by atoms with Crippen molar-refractivity contribution in [3.05, 3.63) is 47.1 Å². The highest BCUT2D eigenvalue weighted by Gasteiger charge is 2.13. The summed E-state index contributed by atoms with van der Waals surface area (Å²) in [5.74, 6) is 0.485. The summed E-state index contributed by atoms with van der Waals surface area (Å²) in [6.07, 6.45) is 3.98. The van der Waals surface area contributed by atoms with Gasteiger partial charge in [-0.1, -0.05) is 0 Å². The molecular formula is C13H14BrFN4. The Kier molecular flexibility index (Phi) is 4.81. The molecule has 0 unspecified atom stereocenters. The average Bonchev–Trinajstić information content (AvgIpc) is 2.43. The van der Waals surface area contributed by atoms with Gasteiger partial charge in [-0.25, -0.2) is 14.4 Å². The van der Waals surface area contributed by atoms with Crippen LogP contribution in [0.25, 0.3) is 0 Å². The Bertz CT molecular complexity index is 532. The lowest BCUT2D eigenvalue weighted by Crippen LogP contribution is -2.22. The van der Waals surface area contributed by atoms with Gasteiger partial charge in [0, 0.05) is 18.4 Å². The minimum absolute atomic E-state index is 0.260. The topological polar surface area (TPSA) is 55.0 Å². The molecule has 0 aliphatic rings. The van der Waals surface area contributed by atoms with Gasteiger partial charge >= 0.3 is 0 Å². The van der Waals surface area contributed by atoms with Crippen LogP contribution in [0.2, 0.25) is 0 Å². The van der Waals surface area contributed by atoms with E-state index in [0.717, 1.165) is 22.4 Å². The Morgan fingerprint density at radius 3 is 2.63 bits per heavy atom. The van der Waals surface area contributed by atoms with Crippen molar-refractivity contribution in [3.8, 4) is 0 Å². The van der Waals surface area contributed by atoms with E-state index in [1.807, 2.05) is 4.90 Å². The molecule has 2 rings (SSSR count). The number of hydrogen-bond donors (Lipinski definition) is 1. The van der Waals surface area contributed by atoms with Gasteiger partial charge in [0.05, 0.1) is 4.47 Å². The minimum atomic E-state index is -0.260. The molecule has 1 aromatic heterocycles. The van der Waals surface area contributed by atoms with Gasteiger partial charge in [-0.3, -0.25) is 0 Å². The monoisotopic (exact) mass is 324 g/mol. The largest absolute Gasteiger partial charge is 0.330 e. The van der Waals surface area contributed by atoms with Crippen LogP contribution in [-0.4, -0.2) is 23.1 Å². The lowest BCUT2D eigenvalue weighted by atomic mass is 10.2. The lowest BCUT2D eigenvalue weighted by Gasteiger charge is -2.24. The van der Waals surface area contributed by atoms with E-state index < -0.39 is 0 Å². The molecule has 0 atom stereocenters. The van der Waals surface area contributed by atoms with E-state index in [4.69, 9.17) is 5.73 Å². The quantitative estimate of drug-likeness (QED) is 0.918. The van der Waals surface area contributed by atoms with Crippen molar-refractivity contribution in [2.75, 3.05) is 18.0 Å². The standard InChI is InChI=1S/C13H14BrFN4/c14-12-8-17-9-18-13(12)19(7-1-6-16)11-4-2-10(15)3-5-11/h2-5,8-9H,1,6-7,16H2. The van der Waals surface area contributed by atoms with Crippen molar-refractivity contribution in [2.45, 2.75) is 6.42 Å². The zero-order valence-electron chi connectivity index (χ0n) is 10.3. The molecule has 0 saturated heterocycles. The molecule has 0 amide bonds. The third-order valence-corrected chi connectivity index (χ3v) is 3.19. The molecule has 100 valence electrons. The first-order valence-electron chi connectivity index (χ1n) is 5.91. The van der Waals surface area contributed by atoms with Gasteiger partial charge in [-0.15, -0.1) is 0 Å². The smallest absolute Gasteiger partial charge is 0.150 e. The van der Waals surface area contributed by atoms with Crippen LogP contribution in [0.4, 0.5) is 15.9 Å². The number of halogens is 2. The van der Waals surface area contributed by atoms with Gasteiger partial charge in [0.25, 0.3) is 0 Å². The highest BCUT2D eigenvalue weighted by molar-refractivity contribution is 9.10. The number of benzene rings is 1. The Balaban J connectivity index is 2.35. The van der Waals surface area contributed by atoms with Crippen LogP contribution in [0.1, 0.15) is 6.42 Å². The molecule has 1 aromatic carbocycles. The first-order chi connectivity index (χ1) is 9.22. The van der Waals surface area contributed by atoms with Crippen LogP contribution in [0.5, 0.6) is 0 Å². The van der Waals surface area contributed by atoms with Gasteiger partial charge in [0.15, 0.2) is 5.82 Å². The Morgan fingerprint density at radius 2 is 2.00 bits per heavy atom. The van der Waals surface area contributed by atoms with Crippen LogP contribution in [0, 0.1) is 5.82 Å². The molecule has 1 heterocycles. The summed E-state index contributed by atoms with van der Waals surface area (Å²) in [6.45, 7) is 1.29. The number of aromatic nitrogens is 2. The SMILES string of the molecule is NCCCN(c1ccc(F)cc1)c1ncncc1Br. The first-order valence-corrected chi connectivity index (χ1v) is 6.70. The molecular weight excluding hydrogens is 311 g/mol. The predicted molar refractivity (Wildman–Crippen MR) is 76.8 cm³/mol. The number of anilines is 2. The maximum Gasteiger partial charge on any atom is 0.150 e. The second kappa shape index (κ2) is 6.58. The van der Waals surface area contributed by atoms with Crippen molar-refractivity contribution in [1.29, 1.82) is 0 Å². The summed E-state index contributed by atoms with van der Waals surface area (Å²) in [5.41, 5.74) is 6.43. The molecule has 2 aromatic rings. The van der Waals surface area contributed by atoms with E-state index in [0.29, 0.717) is 13.1 Å². The zero-order valence-corrected chi connectivity index (χ0v) is 11.8. The summed E-state index contributed by atoms with van der Waals surface area (Å²) >= 11 is 3.43. The van der Waals surface area contributed by atoms with Crippen LogP contribution >= 0.6 is 15.9 Å². The van der Waals surface area contributed by atoms with Gasteiger partial charge in [0.2, 0.25) is 0 Å². The molecule has 0 bridgehead atoms. The molecule has 4 nitrogen and oxygen atoms in total. The van der Waals surface area contributed by atoms with Crippen LogP contribution in [-0.2, 0) is 0 Å². The van der Waals surface area contributed by atoms with Gasteiger partial charge in [0.1, 0.15) is 12.1 Å². The molecule has 0 aliphatic carbocycles. The van der Waals surface area contributed by atoms with Crippen molar-refractivity contribution < 1.29 is 4.39 Å². The predicted octanol–water partition coefficient (Wildman–Crippen LogP) is 2.87. The normalized spacial score (nSPS) is 10.5. The first kappa shape index (κ1) is 13.9. The lowest BCUT2D eigenvalue weighted by molar-refractivity contribution is 0.627. The molecule has 0 spiro atoms. The molecule has 0 fully saturated rings. The molecule has 0 aliphatic heterocycles. The molecule has 19 heavy (non-hydrogen) atoms. The number of rotatable bonds is 5. The van der Waals surface area contributed by atoms with Crippen LogP contribution in [0.15, 0.2) is 41.3 Å². The summed E-state index contributed by atoms with van der Waals surface area (Å²) < 4.78 is 13.8. The maximum absolute atomic E-state index is 13.0.